The van der Waals surface area contributed by atoms with Crippen LogP contribution in [0.15, 0.2) is 0 Å². The molecule has 0 aromatic carbocycles. The van der Waals surface area contributed by atoms with E-state index in [1.807, 2.05) is 0 Å². The third-order valence-electron chi connectivity index (χ3n) is 5.26. The predicted octanol–water partition coefficient (Wildman–Crippen LogP) is -1.20. The topological polar surface area (TPSA) is 131 Å². The molecule has 9 atom stereocenters. The maximum absolute atomic E-state index is 12.6. The van der Waals surface area contributed by atoms with E-state index in [4.69, 9.17) is 4.74 Å². The van der Waals surface area contributed by atoms with Gasteiger partial charge in [-0.2, -0.15) is 0 Å². The lowest BCUT2D eigenvalue weighted by Gasteiger charge is -2.44. The van der Waals surface area contributed by atoms with Crippen molar-refractivity contribution in [2.45, 2.75) is 81.1 Å². The van der Waals surface area contributed by atoms with Crippen molar-refractivity contribution in [1.82, 2.24) is 10.6 Å². The molecule has 2 aliphatic rings. The highest BCUT2D eigenvalue weighted by molar-refractivity contribution is 7.99. The number of amides is 1. The van der Waals surface area contributed by atoms with Crippen molar-refractivity contribution in [1.29, 1.82) is 0 Å². The maximum Gasteiger partial charge on any atom is 0.237 e. The van der Waals surface area contributed by atoms with E-state index in [0.29, 0.717) is 5.92 Å². The second kappa shape index (κ2) is 9.68. The molecular formula is C17H32N2O6S. The molecule has 0 bridgehead atoms. The summed E-state index contributed by atoms with van der Waals surface area (Å²) >= 11 is 1.19. The van der Waals surface area contributed by atoms with Gasteiger partial charge in [-0.1, -0.05) is 13.3 Å². The Morgan fingerprint density at radius 2 is 2.00 bits per heavy atom. The van der Waals surface area contributed by atoms with Crippen LogP contribution in [0.25, 0.3) is 0 Å². The van der Waals surface area contributed by atoms with Gasteiger partial charge in [0.2, 0.25) is 5.91 Å². The summed E-state index contributed by atoms with van der Waals surface area (Å²) in [6, 6.07) is -1.25. The minimum atomic E-state index is -1.42. The van der Waals surface area contributed by atoms with Crippen LogP contribution in [0.2, 0.25) is 0 Å². The van der Waals surface area contributed by atoms with E-state index in [1.54, 1.807) is 6.26 Å². The highest BCUT2D eigenvalue weighted by atomic mass is 32.2. The largest absolute Gasteiger partial charge is 0.391 e. The van der Waals surface area contributed by atoms with Gasteiger partial charge in [-0.15, -0.1) is 11.8 Å². The zero-order valence-electron chi connectivity index (χ0n) is 15.5. The molecule has 0 aliphatic carbocycles. The van der Waals surface area contributed by atoms with E-state index < -0.39 is 42.0 Å². The molecule has 8 nitrogen and oxygen atoms in total. The second-order valence-electron chi connectivity index (χ2n) is 7.30. The lowest BCUT2D eigenvalue weighted by atomic mass is 9.92. The molecule has 9 heteroatoms. The average molecular weight is 393 g/mol. The Kier molecular flexibility index (Phi) is 8.14. The molecule has 0 spiro atoms. The van der Waals surface area contributed by atoms with Gasteiger partial charge in [-0.3, -0.25) is 4.79 Å². The Bertz CT molecular complexity index is 467. The summed E-state index contributed by atoms with van der Waals surface area (Å²) < 4.78 is 5.69. The van der Waals surface area contributed by atoms with Gasteiger partial charge in [-0.05, 0) is 38.5 Å². The van der Waals surface area contributed by atoms with Crippen LogP contribution in [-0.4, -0.2) is 87.2 Å². The molecule has 2 saturated heterocycles. The van der Waals surface area contributed by atoms with Crippen LogP contribution in [0.3, 0.4) is 0 Å². The smallest absolute Gasteiger partial charge is 0.237 e. The molecule has 152 valence electrons. The summed E-state index contributed by atoms with van der Waals surface area (Å²) in [5.41, 5.74) is -0.755. The number of aliphatic hydroxyl groups excluding tert-OH is 4. The Labute approximate surface area is 158 Å². The molecule has 5 unspecified atom stereocenters. The van der Waals surface area contributed by atoms with E-state index in [-0.39, 0.29) is 11.9 Å². The van der Waals surface area contributed by atoms with Crippen LogP contribution in [0, 0.1) is 5.92 Å². The molecule has 2 aliphatic heterocycles. The molecule has 2 rings (SSSR count). The van der Waals surface area contributed by atoms with Gasteiger partial charge in [0.15, 0.2) is 0 Å². The van der Waals surface area contributed by atoms with Gasteiger partial charge in [0, 0.05) is 0 Å². The first-order valence-corrected chi connectivity index (χ1v) is 10.5. The first-order valence-electron chi connectivity index (χ1n) is 9.24. The molecule has 0 aromatic heterocycles. The van der Waals surface area contributed by atoms with Crippen LogP contribution in [0.4, 0.5) is 0 Å². The summed E-state index contributed by atoms with van der Waals surface area (Å²) in [4.78, 5) is 12.6. The summed E-state index contributed by atoms with van der Waals surface area (Å²) in [6.45, 7) is 4.39. The maximum atomic E-state index is 12.6. The Morgan fingerprint density at radius 1 is 1.31 bits per heavy atom. The Hall–Kier alpha value is -0.420. The second-order valence-corrected chi connectivity index (χ2v) is 8.24. The van der Waals surface area contributed by atoms with Crippen LogP contribution >= 0.6 is 11.8 Å². The minimum absolute atomic E-state index is 0.258. The summed E-state index contributed by atoms with van der Waals surface area (Å²) in [5.74, 6) is 0.196. The fourth-order valence-corrected chi connectivity index (χ4v) is 4.42. The first-order chi connectivity index (χ1) is 12.3. The normalized spacial score (nSPS) is 40.2. The van der Waals surface area contributed by atoms with Crippen molar-refractivity contribution in [2.75, 3.05) is 12.8 Å². The van der Waals surface area contributed by atoms with Gasteiger partial charge in [0.05, 0.1) is 18.2 Å². The number of carbonyl (C=O) groups is 1. The molecule has 0 radical (unpaired) electrons. The minimum Gasteiger partial charge on any atom is -0.391 e. The molecule has 26 heavy (non-hydrogen) atoms. The van der Waals surface area contributed by atoms with Crippen molar-refractivity contribution in [2.24, 2.45) is 5.92 Å². The fraction of sp³-hybridized carbons (Fsp3) is 0.941. The summed E-state index contributed by atoms with van der Waals surface area (Å²) in [7, 11) is 0. The monoisotopic (exact) mass is 392 g/mol. The molecule has 2 heterocycles. The van der Waals surface area contributed by atoms with Gasteiger partial charge in [-0.25, -0.2) is 0 Å². The fourth-order valence-electron chi connectivity index (χ4n) is 3.74. The van der Waals surface area contributed by atoms with Crippen LogP contribution < -0.4 is 10.6 Å². The van der Waals surface area contributed by atoms with Crippen LogP contribution in [-0.2, 0) is 9.53 Å². The van der Waals surface area contributed by atoms with Crippen molar-refractivity contribution in [3.8, 4) is 0 Å². The van der Waals surface area contributed by atoms with Gasteiger partial charge in [0.25, 0.3) is 0 Å². The van der Waals surface area contributed by atoms with Crippen LogP contribution in [0.1, 0.15) is 33.1 Å². The van der Waals surface area contributed by atoms with Crippen molar-refractivity contribution in [3.05, 3.63) is 0 Å². The standard InChI is InChI=1S/C17H32N2O6S/c1-4-5-9-6-10(18-7-9)16(24)19-11(8(2)20)15-13(22)12(21)14(23)17(25-15)26-3/h8-15,17-18,20-23H,4-7H2,1-3H3,(H,19,24)/t8-,9-,10+,11-,12?,13?,14?,15?,17?/m1/s1. The van der Waals surface area contributed by atoms with E-state index in [2.05, 4.69) is 17.6 Å². The summed E-state index contributed by atoms with van der Waals surface area (Å²) in [5, 5.41) is 46.5. The quantitative estimate of drug-likeness (QED) is 0.319. The van der Waals surface area contributed by atoms with Crippen molar-refractivity contribution >= 4 is 17.7 Å². The van der Waals surface area contributed by atoms with E-state index >= 15 is 0 Å². The number of hydrogen-bond acceptors (Lipinski definition) is 8. The highest BCUT2D eigenvalue weighted by Gasteiger charge is 2.48. The highest BCUT2D eigenvalue weighted by Crippen LogP contribution is 2.29. The number of aliphatic hydroxyl groups is 4. The van der Waals surface area contributed by atoms with Crippen molar-refractivity contribution < 1.29 is 30.0 Å². The number of rotatable bonds is 7. The van der Waals surface area contributed by atoms with E-state index in [0.717, 1.165) is 25.8 Å². The van der Waals surface area contributed by atoms with Gasteiger partial charge < -0.3 is 35.8 Å². The molecule has 1 amide bonds. The molecular weight excluding hydrogens is 360 g/mol. The summed E-state index contributed by atoms with van der Waals surface area (Å²) in [6.07, 6.45) is -1.54. The van der Waals surface area contributed by atoms with Gasteiger partial charge in [0.1, 0.15) is 29.9 Å². The number of nitrogens with one attached hydrogen (secondary N) is 2. The molecule has 0 aromatic rings. The predicted molar refractivity (Wildman–Crippen MR) is 98.6 cm³/mol. The molecule has 2 fully saturated rings. The van der Waals surface area contributed by atoms with Crippen LogP contribution in [0.5, 0.6) is 0 Å². The third-order valence-corrected chi connectivity index (χ3v) is 6.11. The molecule has 0 saturated carbocycles. The third kappa shape index (κ3) is 4.89. The Morgan fingerprint density at radius 3 is 2.58 bits per heavy atom. The number of thioether (sulfide) groups is 1. The van der Waals surface area contributed by atoms with E-state index in [9.17, 15) is 25.2 Å². The van der Waals surface area contributed by atoms with Crippen molar-refractivity contribution in [3.63, 3.8) is 0 Å². The lowest BCUT2D eigenvalue weighted by molar-refractivity contribution is -0.211. The number of hydrogen-bond donors (Lipinski definition) is 6. The Balaban J connectivity index is 2.05. The molecule has 6 N–H and O–H groups in total. The van der Waals surface area contributed by atoms with E-state index in [1.165, 1.54) is 18.7 Å². The van der Waals surface area contributed by atoms with Gasteiger partial charge >= 0.3 is 0 Å². The first kappa shape index (κ1) is 21.9. The number of ether oxygens (including phenoxy) is 1. The average Bonchev–Trinajstić information content (AvgIpc) is 3.07. The zero-order valence-corrected chi connectivity index (χ0v) is 16.4. The number of carbonyl (C=O) groups excluding carboxylic acids is 1. The zero-order chi connectivity index (χ0) is 19.4. The SMILES string of the molecule is CCC[C@H]1CN[C@H](C(=O)N[C@@H](C2OC(SC)C(O)C(O)C2O)[C@@H](C)O)C1. The lowest BCUT2D eigenvalue weighted by Crippen LogP contribution is -2.65.